The highest BCUT2D eigenvalue weighted by Crippen LogP contribution is 2.34. The molecule has 0 saturated carbocycles. The SMILES string of the molecule is O=C(O[C@@H]1CCOC1=O)C1CCN(S(=O)(=O)c2ccc3c(c2)OCCO3)CC1. The van der Waals surface area contributed by atoms with Gasteiger partial charge in [0.15, 0.2) is 11.5 Å². The van der Waals surface area contributed by atoms with Crippen molar-refractivity contribution in [1.82, 2.24) is 4.31 Å². The van der Waals surface area contributed by atoms with Gasteiger partial charge in [0, 0.05) is 25.6 Å². The summed E-state index contributed by atoms with van der Waals surface area (Å²) >= 11 is 0. The number of hydrogen-bond donors (Lipinski definition) is 0. The van der Waals surface area contributed by atoms with Crippen LogP contribution in [0.4, 0.5) is 0 Å². The first-order valence-electron chi connectivity index (χ1n) is 9.22. The van der Waals surface area contributed by atoms with Gasteiger partial charge < -0.3 is 18.9 Å². The van der Waals surface area contributed by atoms with Gasteiger partial charge in [0.1, 0.15) is 13.2 Å². The molecule has 2 fully saturated rings. The average molecular weight is 411 g/mol. The predicted octanol–water partition coefficient (Wildman–Crippen LogP) is 0.717. The van der Waals surface area contributed by atoms with E-state index in [-0.39, 0.29) is 24.6 Å². The van der Waals surface area contributed by atoms with Crippen LogP contribution < -0.4 is 9.47 Å². The van der Waals surface area contributed by atoms with Gasteiger partial charge in [-0.05, 0) is 25.0 Å². The molecule has 3 aliphatic rings. The third kappa shape index (κ3) is 3.66. The molecule has 3 heterocycles. The lowest BCUT2D eigenvalue weighted by Crippen LogP contribution is -2.41. The van der Waals surface area contributed by atoms with Crippen LogP contribution in [-0.2, 0) is 29.1 Å². The lowest BCUT2D eigenvalue weighted by Gasteiger charge is -2.30. The average Bonchev–Trinajstić information content (AvgIpc) is 3.12. The Kier molecular flexibility index (Phi) is 5.15. The van der Waals surface area contributed by atoms with Crippen molar-refractivity contribution in [2.75, 3.05) is 32.9 Å². The number of benzene rings is 1. The molecule has 0 unspecified atom stereocenters. The molecule has 3 aliphatic heterocycles. The van der Waals surface area contributed by atoms with E-state index < -0.39 is 34.0 Å². The molecular formula is C18H21NO8S. The Morgan fingerprint density at radius 2 is 1.71 bits per heavy atom. The Morgan fingerprint density at radius 3 is 2.39 bits per heavy atom. The molecule has 0 spiro atoms. The Bertz CT molecular complexity index is 876. The fourth-order valence-electron chi connectivity index (χ4n) is 3.49. The van der Waals surface area contributed by atoms with Crippen LogP contribution in [0.2, 0.25) is 0 Å². The maximum Gasteiger partial charge on any atom is 0.347 e. The van der Waals surface area contributed by atoms with Crippen molar-refractivity contribution in [2.45, 2.75) is 30.3 Å². The predicted molar refractivity (Wildman–Crippen MR) is 94.4 cm³/mol. The molecule has 1 aromatic rings. The molecule has 0 N–H and O–H groups in total. The summed E-state index contributed by atoms with van der Waals surface area (Å²) in [5, 5.41) is 0. The van der Waals surface area contributed by atoms with Crippen molar-refractivity contribution >= 4 is 22.0 Å². The quantitative estimate of drug-likeness (QED) is 0.667. The number of rotatable bonds is 4. The van der Waals surface area contributed by atoms with E-state index in [4.69, 9.17) is 18.9 Å². The monoisotopic (exact) mass is 411 g/mol. The molecule has 0 aromatic heterocycles. The van der Waals surface area contributed by atoms with Crippen LogP contribution >= 0.6 is 0 Å². The number of sulfonamides is 1. The summed E-state index contributed by atoms with van der Waals surface area (Å²) in [6.07, 6.45) is 0.198. The zero-order valence-electron chi connectivity index (χ0n) is 15.2. The molecule has 0 amide bonds. The summed E-state index contributed by atoms with van der Waals surface area (Å²) in [5.74, 6) is -0.487. The fourth-order valence-corrected chi connectivity index (χ4v) is 4.97. The van der Waals surface area contributed by atoms with Gasteiger partial charge in [-0.1, -0.05) is 0 Å². The number of cyclic esters (lactones) is 1. The van der Waals surface area contributed by atoms with Gasteiger partial charge in [-0.3, -0.25) is 4.79 Å². The van der Waals surface area contributed by atoms with Crippen LogP contribution in [0.25, 0.3) is 0 Å². The molecule has 0 aliphatic carbocycles. The van der Waals surface area contributed by atoms with Crippen LogP contribution in [0.1, 0.15) is 19.3 Å². The van der Waals surface area contributed by atoms with Crippen molar-refractivity contribution in [3.05, 3.63) is 18.2 Å². The normalized spacial score (nSPS) is 23.3. The number of carbonyl (C=O) groups excluding carboxylic acids is 2. The molecule has 9 nitrogen and oxygen atoms in total. The van der Waals surface area contributed by atoms with Crippen molar-refractivity contribution < 1.29 is 37.0 Å². The van der Waals surface area contributed by atoms with Crippen molar-refractivity contribution in [3.63, 3.8) is 0 Å². The minimum atomic E-state index is -3.70. The number of nitrogens with zero attached hydrogens (tertiary/aromatic N) is 1. The second kappa shape index (κ2) is 7.59. The van der Waals surface area contributed by atoms with Gasteiger partial charge in [0.05, 0.1) is 17.4 Å². The highest BCUT2D eigenvalue weighted by molar-refractivity contribution is 7.89. The number of hydrogen-bond acceptors (Lipinski definition) is 8. The molecule has 1 atom stereocenters. The summed E-state index contributed by atoms with van der Waals surface area (Å²) in [6, 6.07) is 4.55. The van der Waals surface area contributed by atoms with E-state index in [1.807, 2.05) is 0 Å². The highest BCUT2D eigenvalue weighted by Gasteiger charge is 2.36. The Morgan fingerprint density at radius 1 is 1.00 bits per heavy atom. The van der Waals surface area contributed by atoms with Crippen LogP contribution in [0.3, 0.4) is 0 Å². The Balaban J connectivity index is 1.38. The molecule has 10 heteroatoms. The molecule has 152 valence electrons. The van der Waals surface area contributed by atoms with Gasteiger partial charge in [-0.2, -0.15) is 4.31 Å². The topological polar surface area (TPSA) is 108 Å². The van der Waals surface area contributed by atoms with E-state index in [0.29, 0.717) is 44.0 Å². The minimum Gasteiger partial charge on any atom is -0.486 e. The van der Waals surface area contributed by atoms with Crippen molar-refractivity contribution in [2.24, 2.45) is 5.92 Å². The van der Waals surface area contributed by atoms with Crippen molar-refractivity contribution in [1.29, 1.82) is 0 Å². The smallest absolute Gasteiger partial charge is 0.347 e. The Labute approximate surface area is 162 Å². The summed E-state index contributed by atoms with van der Waals surface area (Å²) in [7, 11) is -3.70. The lowest BCUT2D eigenvalue weighted by atomic mass is 9.98. The zero-order valence-corrected chi connectivity index (χ0v) is 16.0. The first kappa shape index (κ1) is 19.0. The number of ether oxygens (including phenoxy) is 4. The molecule has 28 heavy (non-hydrogen) atoms. The zero-order chi connectivity index (χ0) is 19.7. The van der Waals surface area contributed by atoms with Crippen LogP contribution in [0.5, 0.6) is 11.5 Å². The van der Waals surface area contributed by atoms with Crippen LogP contribution in [-0.4, -0.2) is 63.7 Å². The van der Waals surface area contributed by atoms with E-state index in [9.17, 15) is 18.0 Å². The highest BCUT2D eigenvalue weighted by atomic mass is 32.2. The van der Waals surface area contributed by atoms with Gasteiger partial charge in [-0.15, -0.1) is 0 Å². The standard InChI is InChI=1S/C18H21NO8S/c20-17(27-15-5-8-26-18(15)21)12-3-6-19(7-4-12)28(22,23)13-1-2-14-16(11-13)25-10-9-24-14/h1-2,11-12,15H,3-10H2/t15-/m1/s1. The summed E-state index contributed by atoms with van der Waals surface area (Å²) in [4.78, 5) is 23.8. The maximum atomic E-state index is 12.9. The maximum absolute atomic E-state index is 12.9. The van der Waals surface area contributed by atoms with E-state index in [2.05, 4.69) is 0 Å². The van der Waals surface area contributed by atoms with Crippen LogP contribution in [0, 0.1) is 5.92 Å². The fraction of sp³-hybridized carbons (Fsp3) is 0.556. The van der Waals surface area contributed by atoms with Gasteiger partial charge in [0.25, 0.3) is 0 Å². The lowest BCUT2D eigenvalue weighted by molar-refractivity contribution is -0.164. The third-order valence-electron chi connectivity index (χ3n) is 5.08. The molecule has 2 saturated heterocycles. The number of esters is 2. The second-order valence-corrected chi connectivity index (χ2v) is 8.80. The van der Waals surface area contributed by atoms with Gasteiger partial charge in [-0.25, -0.2) is 13.2 Å². The minimum absolute atomic E-state index is 0.131. The second-order valence-electron chi connectivity index (χ2n) is 6.87. The Hall–Kier alpha value is -2.33. The number of piperidine rings is 1. The molecule has 4 rings (SSSR count). The molecular weight excluding hydrogens is 390 g/mol. The molecule has 0 bridgehead atoms. The van der Waals surface area contributed by atoms with Gasteiger partial charge >= 0.3 is 11.9 Å². The summed E-state index contributed by atoms with van der Waals surface area (Å²) in [6.45, 7) is 1.46. The first-order chi connectivity index (χ1) is 13.4. The largest absolute Gasteiger partial charge is 0.486 e. The van der Waals surface area contributed by atoms with Crippen molar-refractivity contribution in [3.8, 4) is 11.5 Å². The number of carbonyl (C=O) groups is 2. The van der Waals surface area contributed by atoms with E-state index in [0.717, 1.165) is 0 Å². The van der Waals surface area contributed by atoms with E-state index in [1.54, 1.807) is 6.07 Å². The van der Waals surface area contributed by atoms with E-state index in [1.165, 1.54) is 16.4 Å². The third-order valence-corrected chi connectivity index (χ3v) is 6.98. The van der Waals surface area contributed by atoms with Gasteiger partial charge in [0.2, 0.25) is 16.1 Å². The molecule has 0 radical (unpaired) electrons. The van der Waals surface area contributed by atoms with E-state index >= 15 is 0 Å². The number of fused-ring (bicyclic) bond motifs is 1. The first-order valence-corrected chi connectivity index (χ1v) is 10.7. The summed E-state index contributed by atoms with van der Waals surface area (Å²) in [5.41, 5.74) is 0. The summed E-state index contributed by atoms with van der Waals surface area (Å²) < 4.78 is 48.1. The molecule has 1 aromatic carbocycles. The van der Waals surface area contributed by atoms with Crippen LogP contribution in [0.15, 0.2) is 23.1 Å².